The summed E-state index contributed by atoms with van der Waals surface area (Å²) in [5.74, 6) is 0. The molecular formula is C12H8N4O2. The molecule has 0 unspecified atom stereocenters. The summed E-state index contributed by atoms with van der Waals surface area (Å²) in [6, 6.07) is 8.27. The standard InChI is InChI=1S/C12H8N4O2/c17-16(18)10-3-1-2-9(8-10)11-4-5-14-15-7-6-13-12(11)15/h1-8H. The van der Waals surface area contributed by atoms with Crippen LogP contribution in [0.25, 0.3) is 16.8 Å². The van der Waals surface area contributed by atoms with Gasteiger partial charge >= 0.3 is 0 Å². The number of aromatic nitrogens is 3. The van der Waals surface area contributed by atoms with Crippen molar-refractivity contribution in [3.63, 3.8) is 0 Å². The van der Waals surface area contributed by atoms with E-state index < -0.39 is 4.92 Å². The van der Waals surface area contributed by atoms with E-state index in [0.717, 1.165) is 11.1 Å². The molecule has 0 N–H and O–H groups in total. The van der Waals surface area contributed by atoms with Gasteiger partial charge in [0.1, 0.15) is 0 Å². The van der Waals surface area contributed by atoms with Gasteiger partial charge < -0.3 is 0 Å². The van der Waals surface area contributed by atoms with E-state index in [1.807, 2.05) is 6.07 Å². The maximum atomic E-state index is 10.8. The number of rotatable bonds is 2. The quantitative estimate of drug-likeness (QED) is 0.509. The van der Waals surface area contributed by atoms with E-state index in [1.165, 1.54) is 12.1 Å². The fourth-order valence-corrected chi connectivity index (χ4v) is 1.85. The molecule has 6 heteroatoms. The topological polar surface area (TPSA) is 73.3 Å². The SMILES string of the molecule is O=[N+]([O-])c1cccc(-c2ccnn3ccnc23)c1. The molecule has 2 heterocycles. The molecule has 0 aliphatic heterocycles. The summed E-state index contributed by atoms with van der Waals surface area (Å²) in [5, 5.41) is 14.9. The lowest BCUT2D eigenvalue weighted by Crippen LogP contribution is -1.93. The van der Waals surface area contributed by atoms with Crippen molar-refractivity contribution in [2.24, 2.45) is 0 Å². The number of fused-ring (bicyclic) bond motifs is 1. The summed E-state index contributed by atoms with van der Waals surface area (Å²) < 4.78 is 1.63. The largest absolute Gasteiger partial charge is 0.270 e. The summed E-state index contributed by atoms with van der Waals surface area (Å²) >= 11 is 0. The average molecular weight is 240 g/mol. The summed E-state index contributed by atoms with van der Waals surface area (Å²) in [5.41, 5.74) is 2.31. The van der Waals surface area contributed by atoms with Gasteiger partial charge in [-0.2, -0.15) is 5.10 Å². The van der Waals surface area contributed by atoms with Crippen molar-refractivity contribution in [2.75, 3.05) is 0 Å². The van der Waals surface area contributed by atoms with Gasteiger partial charge in [-0.1, -0.05) is 12.1 Å². The van der Waals surface area contributed by atoms with Crippen molar-refractivity contribution in [2.45, 2.75) is 0 Å². The van der Waals surface area contributed by atoms with E-state index in [0.29, 0.717) is 5.65 Å². The van der Waals surface area contributed by atoms with Crippen molar-refractivity contribution in [3.8, 4) is 11.1 Å². The minimum atomic E-state index is -0.409. The third-order valence-corrected chi connectivity index (χ3v) is 2.66. The second-order valence-corrected chi connectivity index (χ2v) is 3.75. The highest BCUT2D eigenvalue weighted by Crippen LogP contribution is 2.25. The van der Waals surface area contributed by atoms with E-state index in [-0.39, 0.29) is 5.69 Å². The average Bonchev–Trinajstić information content (AvgIpc) is 2.87. The normalized spacial score (nSPS) is 10.7. The second-order valence-electron chi connectivity index (χ2n) is 3.75. The number of imidazole rings is 1. The van der Waals surface area contributed by atoms with Crippen LogP contribution in [-0.4, -0.2) is 19.5 Å². The number of non-ortho nitro benzene ring substituents is 1. The number of benzene rings is 1. The third-order valence-electron chi connectivity index (χ3n) is 2.66. The molecule has 0 aliphatic carbocycles. The molecule has 0 bridgehead atoms. The zero-order valence-electron chi connectivity index (χ0n) is 9.22. The maximum absolute atomic E-state index is 10.8. The van der Waals surface area contributed by atoms with Crippen LogP contribution >= 0.6 is 0 Å². The Morgan fingerprint density at radius 3 is 2.94 bits per heavy atom. The predicted octanol–water partition coefficient (Wildman–Crippen LogP) is 2.30. The highest BCUT2D eigenvalue weighted by molar-refractivity contribution is 5.77. The summed E-state index contributed by atoms with van der Waals surface area (Å²) in [7, 11) is 0. The first-order chi connectivity index (χ1) is 8.75. The van der Waals surface area contributed by atoms with Gasteiger partial charge in [-0.15, -0.1) is 0 Å². The molecule has 0 saturated carbocycles. The third kappa shape index (κ3) is 1.60. The first-order valence-corrected chi connectivity index (χ1v) is 5.29. The highest BCUT2D eigenvalue weighted by atomic mass is 16.6. The second kappa shape index (κ2) is 3.92. The lowest BCUT2D eigenvalue weighted by atomic mass is 10.1. The van der Waals surface area contributed by atoms with Gasteiger partial charge in [0, 0.05) is 36.3 Å². The van der Waals surface area contributed by atoms with Gasteiger partial charge in [-0.25, -0.2) is 9.50 Å². The van der Waals surface area contributed by atoms with Crippen LogP contribution in [-0.2, 0) is 0 Å². The molecule has 18 heavy (non-hydrogen) atoms. The van der Waals surface area contributed by atoms with E-state index in [4.69, 9.17) is 0 Å². The lowest BCUT2D eigenvalue weighted by molar-refractivity contribution is -0.384. The Labute approximate surface area is 102 Å². The minimum absolute atomic E-state index is 0.0639. The Hall–Kier alpha value is -2.76. The molecule has 0 saturated heterocycles. The first kappa shape index (κ1) is 10.4. The molecule has 0 aliphatic rings. The maximum Gasteiger partial charge on any atom is 0.270 e. The van der Waals surface area contributed by atoms with Gasteiger partial charge in [0.2, 0.25) is 0 Å². The molecular weight excluding hydrogens is 232 g/mol. The van der Waals surface area contributed by atoms with Crippen molar-refractivity contribution < 1.29 is 4.92 Å². The smallest absolute Gasteiger partial charge is 0.258 e. The van der Waals surface area contributed by atoms with Gasteiger partial charge in [0.15, 0.2) is 5.65 Å². The molecule has 6 nitrogen and oxygen atoms in total. The van der Waals surface area contributed by atoms with Crippen LogP contribution in [0.3, 0.4) is 0 Å². The van der Waals surface area contributed by atoms with Gasteiger partial charge in [-0.3, -0.25) is 10.1 Å². The van der Waals surface area contributed by atoms with E-state index in [2.05, 4.69) is 10.1 Å². The number of nitro benzene ring substituents is 1. The highest BCUT2D eigenvalue weighted by Gasteiger charge is 2.10. The van der Waals surface area contributed by atoms with Crippen LogP contribution in [0.15, 0.2) is 48.9 Å². The summed E-state index contributed by atoms with van der Waals surface area (Å²) in [4.78, 5) is 14.6. The van der Waals surface area contributed by atoms with Crippen LogP contribution in [0, 0.1) is 10.1 Å². The molecule has 0 atom stereocenters. The minimum Gasteiger partial charge on any atom is -0.258 e. The van der Waals surface area contributed by atoms with Crippen LogP contribution in [0.4, 0.5) is 5.69 Å². The van der Waals surface area contributed by atoms with E-state index >= 15 is 0 Å². The molecule has 2 aromatic heterocycles. The lowest BCUT2D eigenvalue weighted by Gasteiger charge is -2.02. The molecule has 3 aromatic rings. The molecule has 88 valence electrons. The van der Waals surface area contributed by atoms with Crippen LogP contribution in [0.2, 0.25) is 0 Å². The fraction of sp³-hybridized carbons (Fsp3) is 0. The predicted molar refractivity (Wildman–Crippen MR) is 65.1 cm³/mol. The molecule has 0 radical (unpaired) electrons. The Morgan fingerprint density at radius 1 is 1.22 bits per heavy atom. The number of nitrogens with zero attached hydrogens (tertiary/aromatic N) is 4. The zero-order valence-corrected chi connectivity index (χ0v) is 9.22. The number of hydrogen-bond acceptors (Lipinski definition) is 4. The van der Waals surface area contributed by atoms with Crippen molar-refractivity contribution >= 4 is 11.3 Å². The molecule has 0 fully saturated rings. The molecule has 0 amide bonds. The summed E-state index contributed by atoms with van der Waals surface area (Å²) in [6.07, 6.45) is 5.02. The van der Waals surface area contributed by atoms with Crippen LogP contribution in [0.5, 0.6) is 0 Å². The molecule has 1 aromatic carbocycles. The number of nitro groups is 1. The monoisotopic (exact) mass is 240 g/mol. The Morgan fingerprint density at radius 2 is 2.11 bits per heavy atom. The number of hydrogen-bond donors (Lipinski definition) is 0. The van der Waals surface area contributed by atoms with Gasteiger partial charge in [0.25, 0.3) is 5.69 Å². The van der Waals surface area contributed by atoms with Crippen LogP contribution in [0.1, 0.15) is 0 Å². The van der Waals surface area contributed by atoms with E-state index in [9.17, 15) is 10.1 Å². The zero-order chi connectivity index (χ0) is 12.5. The van der Waals surface area contributed by atoms with E-state index in [1.54, 1.807) is 35.2 Å². The van der Waals surface area contributed by atoms with Crippen molar-refractivity contribution in [3.05, 3.63) is 59.0 Å². The van der Waals surface area contributed by atoms with Gasteiger partial charge in [-0.05, 0) is 11.6 Å². The van der Waals surface area contributed by atoms with Gasteiger partial charge in [0.05, 0.1) is 4.92 Å². The molecule has 0 spiro atoms. The Balaban J connectivity index is 2.23. The van der Waals surface area contributed by atoms with Crippen molar-refractivity contribution in [1.82, 2.24) is 14.6 Å². The summed E-state index contributed by atoms with van der Waals surface area (Å²) in [6.45, 7) is 0. The fourth-order valence-electron chi connectivity index (χ4n) is 1.85. The Kier molecular flexibility index (Phi) is 2.26. The van der Waals surface area contributed by atoms with Crippen LogP contribution < -0.4 is 0 Å². The Bertz CT molecular complexity index is 736. The molecule has 3 rings (SSSR count). The van der Waals surface area contributed by atoms with Crippen molar-refractivity contribution in [1.29, 1.82) is 0 Å². The first-order valence-electron chi connectivity index (χ1n) is 5.29.